The van der Waals surface area contributed by atoms with Crippen molar-refractivity contribution in [3.05, 3.63) is 65.2 Å². The molecular weight excluding hydrogens is 335 g/mol. The number of methoxy groups -OCH3 is 2. The Labute approximate surface area is 143 Å². The van der Waals surface area contributed by atoms with Crippen molar-refractivity contribution in [3.63, 3.8) is 0 Å². The number of nitrogens with one attached hydrogen (secondary N) is 1. The minimum absolute atomic E-state index is 0.0599. The van der Waals surface area contributed by atoms with E-state index >= 15 is 0 Å². The second-order valence-corrected chi connectivity index (χ2v) is 5.29. The second-order valence-electron chi connectivity index (χ2n) is 5.29. The maximum atomic E-state index is 12.7. The zero-order valence-corrected chi connectivity index (χ0v) is 13.8. The molecule has 0 spiro atoms. The average Bonchev–Trinajstić information content (AvgIpc) is 2.61. The molecule has 0 unspecified atom stereocenters. The normalized spacial score (nSPS) is 12.5. The molecule has 1 atom stereocenters. The first-order valence-corrected chi connectivity index (χ1v) is 7.47. The summed E-state index contributed by atoms with van der Waals surface area (Å²) in [6.07, 6.45) is -4.95. The van der Waals surface area contributed by atoms with Crippen LogP contribution in [0.3, 0.4) is 0 Å². The van der Waals surface area contributed by atoms with E-state index in [4.69, 9.17) is 9.47 Å². The lowest BCUT2D eigenvalue weighted by Crippen LogP contribution is -2.29. The molecule has 25 heavy (non-hydrogen) atoms. The highest BCUT2D eigenvalue weighted by Crippen LogP contribution is 2.29. The molecule has 2 aromatic rings. The molecule has 0 aliphatic heterocycles. The van der Waals surface area contributed by atoms with Crippen molar-refractivity contribution in [2.24, 2.45) is 0 Å². The predicted molar refractivity (Wildman–Crippen MR) is 86.5 cm³/mol. The van der Waals surface area contributed by atoms with E-state index in [1.54, 1.807) is 18.2 Å². The fraction of sp³-hybridized carbons (Fsp3) is 0.278. The van der Waals surface area contributed by atoms with Gasteiger partial charge in [-0.05, 0) is 35.9 Å². The van der Waals surface area contributed by atoms with Crippen LogP contribution in [0.5, 0.6) is 5.75 Å². The molecule has 1 N–H and O–H groups in total. The molecule has 0 saturated carbocycles. The fourth-order valence-electron chi connectivity index (χ4n) is 2.30. The minimum atomic E-state index is -4.49. The molecule has 0 bridgehead atoms. The second kappa shape index (κ2) is 8.02. The Morgan fingerprint density at radius 1 is 1.12 bits per heavy atom. The Kier molecular flexibility index (Phi) is 6.03. The van der Waals surface area contributed by atoms with Crippen LogP contribution in [0.1, 0.15) is 27.6 Å². The fourth-order valence-corrected chi connectivity index (χ4v) is 2.30. The number of amides is 1. The molecule has 0 aliphatic rings. The maximum Gasteiger partial charge on any atom is 0.416 e. The lowest BCUT2D eigenvalue weighted by molar-refractivity contribution is -0.137. The monoisotopic (exact) mass is 353 g/mol. The van der Waals surface area contributed by atoms with Gasteiger partial charge in [0, 0.05) is 19.2 Å². The summed E-state index contributed by atoms with van der Waals surface area (Å²) in [5.74, 6) is 0.0415. The Morgan fingerprint density at radius 3 is 2.48 bits per heavy atom. The molecule has 4 nitrogen and oxygen atoms in total. The molecule has 0 heterocycles. The van der Waals surface area contributed by atoms with Crippen molar-refractivity contribution >= 4 is 5.91 Å². The summed E-state index contributed by atoms with van der Waals surface area (Å²) in [5.41, 5.74) is -0.141. The van der Waals surface area contributed by atoms with Crippen LogP contribution < -0.4 is 10.1 Å². The molecule has 2 aromatic carbocycles. The number of hydrogen-bond acceptors (Lipinski definition) is 3. The van der Waals surface area contributed by atoms with E-state index < -0.39 is 23.8 Å². The van der Waals surface area contributed by atoms with Crippen LogP contribution in [0.4, 0.5) is 13.2 Å². The van der Waals surface area contributed by atoms with E-state index in [2.05, 4.69) is 5.32 Å². The SMILES string of the molecule is COc1cccc([C@@H](CNC(=O)c2cccc(C(F)(F)F)c2)OC)c1. The van der Waals surface area contributed by atoms with Gasteiger partial charge in [0.25, 0.3) is 5.91 Å². The van der Waals surface area contributed by atoms with Crippen LogP contribution in [0.15, 0.2) is 48.5 Å². The first-order chi connectivity index (χ1) is 11.8. The Hall–Kier alpha value is -2.54. The summed E-state index contributed by atoms with van der Waals surface area (Å²) in [4.78, 5) is 12.1. The summed E-state index contributed by atoms with van der Waals surface area (Å²) >= 11 is 0. The molecule has 7 heteroatoms. The minimum Gasteiger partial charge on any atom is -0.497 e. The van der Waals surface area contributed by atoms with Crippen molar-refractivity contribution in [3.8, 4) is 5.75 Å². The average molecular weight is 353 g/mol. The predicted octanol–water partition coefficient (Wildman–Crippen LogP) is 3.83. The van der Waals surface area contributed by atoms with Crippen molar-refractivity contribution in [2.45, 2.75) is 12.3 Å². The molecule has 2 rings (SSSR count). The van der Waals surface area contributed by atoms with E-state index in [1.807, 2.05) is 6.07 Å². The van der Waals surface area contributed by atoms with Crippen molar-refractivity contribution in [1.82, 2.24) is 5.32 Å². The standard InChI is InChI=1S/C18H18F3NO3/c1-24-15-8-4-5-12(10-15)16(25-2)11-22-17(23)13-6-3-7-14(9-13)18(19,20)21/h3-10,16H,11H2,1-2H3,(H,22,23)/t16-/m1/s1. The van der Waals surface area contributed by atoms with Gasteiger partial charge >= 0.3 is 6.18 Å². The summed E-state index contributed by atoms with van der Waals surface area (Å²) in [6, 6.07) is 11.4. The van der Waals surface area contributed by atoms with Crippen LogP contribution in [0.2, 0.25) is 0 Å². The van der Waals surface area contributed by atoms with Gasteiger partial charge in [0.05, 0.1) is 18.8 Å². The molecular formula is C18H18F3NO3. The van der Waals surface area contributed by atoms with E-state index in [1.165, 1.54) is 26.4 Å². The van der Waals surface area contributed by atoms with E-state index in [0.717, 1.165) is 17.7 Å². The van der Waals surface area contributed by atoms with Gasteiger partial charge in [-0.1, -0.05) is 18.2 Å². The zero-order valence-electron chi connectivity index (χ0n) is 13.8. The van der Waals surface area contributed by atoms with E-state index in [0.29, 0.717) is 5.75 Å². The van der Waals surface area contributed by atoms with Gasteiger partial charge < -0.3 is 14.8 Å². The van der Waals surface area contributed by atoms with Gasteiger partial charge in [-0.25, -0.2) is 0 Å². The number of rotatable bonds is 6. The summed E-state index contributed by atoms with van der Waals surface area (Å²) in [6.45, 7) is 0.110. The number of benzene rings is 2. The van der Waals surface area contributed by atoms with Gasteiger partial charge in [-0.2, -0.15) is 13.2 Å². The highest BCUT2D eigenvalue weighted by Gasteiger charge is 2.30. The number of ether oxygens (including phenoxy) is 2. The highest BCUT2D eigenvalue weighted by molar-refractivity contribution is 5.94. The molecule has 1 amide bonds. The van der Waals surface area contributed by atoms with Crippen molar-refractivity contribution in [1.29, 1.82) is 0 Å². The third-order valence-corrected chi connectivity index (χ3v) is 3.65. The van der Waals surface area contributed by atoms with Gasteiger partial charge in [-0.3, -0.25) is 4.79 Å². The summed E-state index contributed by atoms with van der Waals surface area (Å²) in [7, 11) is 3.02. The van der Waals surface area contributed by atoms with Crippen LogP contribution in [-0.4, -0.2) is 26.7 Å². The van der Waals surface area contributed by atoms with Crippen LogP contribution in [0.25, 0.3) is 0 Å². The Bertz CT molecular complexity index is 732. The number of halogens is 3. The largest absolute Gasteiger partial charge is 0.497 e. The third-order valence-electron chi connectivity index (χ3n) is 3.65. The first-order valence-electron chi connectivity index (χ1n) is 7.47. The molecule has 0 fully saturated rings. The number of alkyl halides is 3. The summed E-state index contributed by atoms with van der Waals surface area (Å²) < 4.78 is 48.7. The van der Waals surface area contributed by atoms with Crippen LogP contribution >= 0.6 is 0 Å². The molecule has 0 aliphatic carbocycles. The van der Waals surface area contributed by atoms with Gasteiger partial charge in [-0.15, -0.1) is 0 Å². The maximum absolute atomic E-state index is 12.7. The number of carbonyl (C=O) groups is 1. The molecule has 0 saturated heterocycles. The zero-order chi connectivity index (χ0) is 18.4. The first kappa shape index (κ1) is 18.8. The van der Waals surface area contributed by atoms with Crippen molar-refractivity contribution < 1.29 is 27.4 Å². The van der Waals surface area contributed by atoms with Crippen molar-refractivity contribution in [2.75, 3.05) is 20.8 Å². The molecule has 0 radical (unpaired) electrons. The number of hydrogen-bond donors (Lipinski definition) is 1. The highest BCUT2D eigenvalue weighted by atomic mass is 19.4. The molecule has 134 valence electrons. The van der Waals surface area contributed by atoms with E-state index in [9.17, 15) is 18.0 Å². The Morgan fingerprint density at radius 2 is 1.84 bits per heavy atom. The van der Waals surface area contributed by atoms with Gasteiger partial charge in [0.1, 0.15) is 5.75 Å². The topological polar surface area (TPSA) is 47.6 Å². The van der Waals surface area contributed by atoms with E-state index in [-0.39, 0.29) is 12.1 Å². The smallest absolute Gasteiger partial charge is 0.416 e. The summed E-state index contributed by atoms with van der Waals surface area (Å²) in [5, 5.41) is 2.59. The van der Waals surface area contributed by atoms with Gasteiger partial charge in [0.2, 0.25) is 0 Å². The lowest BCUT2D eigenvalue weighted by atomic mass is 10.1. The lowest BCUT2D eigenvalue weighted by Gasteiger charge is -2.17. The van der Waals surface area contributed by atoms with Crippen LogP contribution in [0, 0.1) is 0 Å². The quantitative estimate of drug-likeness (QED) is 0.859. The van der Waals surface area contributed by atoms with Gasteiger partial charge in [0.15, 0.2) is 0 Å². The third kappa shape index (κ3) is 4.96. The Balaban J connectivity index is 2.07. The van der Waals surface area contributed by atoms with Crippen LogP contribution in [-0.2, 0) is 10.9 Å². The number of carbonyl (C=O) groups excluding carboxylic acids is 1. The molecule has 0 aromatic heterocycles.